The van der Waals surface area contributed by atoms with Crippen LogP contribution in [0.4, 0.5) is 15.8 Å². The van der Waals surface area contributed by atoms with Crippen LogP contribution in [0.5, 0.6) is 0 Å². The molecule has 2 aromatic rings. The molecule has 0 amide bonds. The first-order valence-electron chi connectivity index (χ1n) is 6.50. The second-order valence-electron chi connectivity index (χ2n) is 4.73. The van der Waals surface area contributed by atoms with E-state index in [2.05, 4.69) is 0 Å². The van der Waals surface area contributed by atoms with Crippen molar-refractivity contribution in [3.05, 3.63) is 53.8 Å². The summed E-state index contributed by atoms with van der Waals surface area (Å²) >= 11 is 0. The highest BCUT2D eigenvalue weighted by atomic mass is 32.2. The molecule has 0 aliphatic carbocycles. The van der Waals surface area contributed by atoms with Gasteiger partial charge in [0.1, 0.15) is 5.82 Å². The zero-order valence-electron chi connectivity index (χ0n) is 11.9. The van der Waals surface area contributed by atoms with Gasteiger partial charge in [0.05, 0.1) is 10.6 Å². The van der Waals surface area contributed by atoms with Crippen molar-refractivity contribution in [3.63, 3.8) is 0 Å². The molecule has 0 aliphatic rings. The average Bonchev–Trinajstić information content (AvgIpc) is 2.38. The van der Waals surface area contributed by atoms with Gasteiger partial charge in [0.25, 0.3) is 10.0 Å². The zero-order chi connectivity index (χ0) is 15.6. The number of anilines is 2. The van der Waals surface area contributed by atoms with Crippen LogP contribution in [0.2, 0.25) is 0 Å². The molecule has 0 saturated carbocycles. The first kappa shape index (κ1) is 15.3. The summed E-state index contributed by atoms with van der Waals surface area (Å²) in [6.45, 7) is 3.84. The van der Waals surface area contributed by atoms with Crippen LogP contribution >= 0.6 is 0 Å². The standard InChI is InChI=1S/C15H17FN2O2S/c1-3-18(14-6-4-5-11(2)7-14)21(19,20)15-9-12(16)8-13(17)10-15/h4-10H,3,17H2,1-2H3. The summed E-state index contributed by atoms with van der Waals surface area (Å²) in [6.07, 6.45) is 0. The lowest BCUT2D eigenvalue weighted by atomic mass is 10.2. The van der Waals surface area contributed by atoms with E-state index in [1.165, 1.54) is 10.4 Å². The predicted octanol–water partition coefficient (Wildman–Crippen LogP) is 2.93. The van der Waals surface area contributed by atoms with Crippen molar-refractivity contribution in [2.75, 3.05) is 16.6 Å². The Balaban J connectivity index is 2.54. The number of nitrogens with zero attached hydrogens (tertiary/aromatic N) is 1. The van der Waals surface area contributed by atoms with E-state index in [-0.39, 0.29) is 17.1 Å². The molecular weight excluding hydrogens is 291 g/mol. The Bertz CT molecular complexity index is 740. The molecule has 0 bridgehead atoms. The third-order valence-electron chi connectivity index (χ3n) is 3.06. The molecule has 0 aromatic heterocycles. The number of rotatable bonds is 4. The number of hydrogen-bond donors (Lipinski definition) is 1. The molecular formula is C15H17FN2O2S. The molecule has 2 N–H and O–H groups in total. The molecule has 0 aliphatic heterocycles. The lowest BCUT2D eigenvalue weighted by Crippen LogP contribution is -2.31. The normalized spacial score (nSPS) is 11.4. The molecule has 0 saturated heterocycles. The number of benzene rings is 2. The van der Waals surface area contributed by atoms with Crippen LogP contribution in [0.1, 0.15) is 12.5 Å². The van der Waals surface area contributed by atoms with Crippen molar-refractivity contribution in [1.82, 2.24) is 0 Å². The van der Waals surface area contributed by atoms with Crippen LogP contribution in [0, 0.1) is 12.7 Å². The van der Waals surface area contributed by atoms with Gasteiger partial charge in [-0.25, -0.2) is 12.8 Å². The first-order chi connectivity index (χ1) is 9.84. The van der Waals surface area contributed by atoms with Crippen molar-refractivity contribution in [1.29, 1.82) is 0 Å². The van der Waals surface area contributed by atoms with Gasteiger partial charge >= 0.3 is 0 Å². The number of sulfonamides is 1. The summed E-state index contributed by atoms with van der Waals surface area (Å²) in [6, 6.07) is 10.5. The SMILES string of the molecule is CCN(c1cccc(C)c1)S(=O)(=O)c1cc(N)cc(F)c1. The van der Waals surface area contributed by atoms with Gasteiger partial charge in [-0.3, -0.25) is 4.31 Å². The Morgan fingerprint density at radius 1 is 1.19 bits per heavy atom. The topological polar surface area (TPSA) is 63.4 Å². The van der Waals surface area contributed by atoms with Gasteiger partial charge in [-0.15, -0.1) is 0 Å². The molecule has 0 unspecified atom stereocenters. The second-order valence-corrected chi connectivity index (χ2v) is 6.59. The number of nitrogen functional groups attached to an aromatic ring is 1. The van der Waals surface area contributed by atoms with E-state index >= 15 is 0 Å². The van der Waals surface area contributed by atoms with Crippen molar-refractivity contribution < 1.29 is 12.8 Å². The summed E-state index contributed by atoms with van der Waals surface area (Å²) in [5, 5.41) is 0. The Hall–Kier alpha value is -2.08. The highest BCUT2D eigenvalue weighted by Gasteiger charge is 2.24. The Morgan fingerprint density at radius 2 is 1.90 bits per heavy atom. The summed E-state index contributed by atoms with van der Waals surface area (Å²) in [4.78, 5) is -0.150. The van der Waals surface area contributed by atoms with Crippen LogP contribution in [0.15, 0.2) is 47.4 Å². The van der Waals surface area contributed by atoms with Gasteiger partial charge in [-0.2, -0.15) is 0 Å². The number of nitrogens with two attached hydrogens (primary N) is 1. The van der Waals surface area contributed by atoms with Crippen molar-refractivity contribution in [2.45, 2.75) is 18.7 Å². The van der Waals surface area contributed by atoms with Crippen LogP contribution in [0.25, 0.3) is 0 Å². The zero-order valence-corrected chi connectivity index (χ0v) is 12.7. The van der Waals surface area contributed by atoms with Crippen LogP contribution in [-0.4, -0.2) is 15.0 Å². The number of halogens is 1. The molecule has 2 rings (SSSR count). The third kappa shape index (κ3) is 3.16. The van der Waals surface area contributed by atoms with Gasteiger partial charge in [0.2, 0.25) is 0 Å². The molecule has 112 valence electrons. The van der Waals surface area contributed by atoms with E-state index < -0.39 is 15.8 Å². The molecule has 0 heterocycles. The molecule has 0 atom stereocenters. The van der Waals surface area contributed by atoms with E-state index in [4.69, 9.17) is 5.73 Å². The smallest absolute Gasteiger partial charge is 0.264 e. The van der Waals surface area contributed by atoms with E-state index in [0.29, 0.717) is 5.69 Å². The van der Waals surface area contributed by atoms with Crippen LogP contribution < -0.4 is 10.0 Å². The first-order valence-corrected chi connectivity index (χ1v) is 7.94. The molecule has 4 nitrogen and oxygen atoms in total. The Morgan fingerprint density at radius 3 is 2.48 bits per heavy atom. The fraction of sp³-hybridized carbons (Fsp3) is 0.200. The minimum Gasteiger partial charge on any atom is -0.399 e. The van der Waals surface area contributed by atoms with E-state index in [1.807, 2.05) is 13.0 Å². The van der Waals surface area contributed by atoms with Gasteiger partial charge < -0.3 is 5.73 Å². The molecule has 21 heavy (non-hydrogen) atoms. The number of hydrogen-bond acceptors (Lipinski definition) is 3. The monoisotopic (exact) mass is 308 g/mol. The Labute approximate surface area is 124 Å². The van der Waals surface area contributed by atoms with Crippen LogP contribution in [0.3, 0.4) is 0 Å². The van der Waals surface area contributed by atoms with Gasteiger partial charge in [0, 0.05) is 12.2 Å². The lowest BCUT2D eigenvalue weighted by molar-refractivity contribution is 0.587. The average molecular weight is 308 g/mol. The number of aryl methyl sites for hydroxylation is 1. The fourth-order valence-corrected chi connectivity index (χ4v) is 3.67. The largest absolute Gasteiger partial charge is 0.399 e. The fourth-order valence-electron chi connectivity index (χ4n) is 2.13. The second kappa shape index (κ2) is 5.73. The molecule has 0 fully saturated rings. The molecule has 0 spiro atoms. The van der Waals surface area contributed by atoms with Crippen molar-refractivity contribution >= 4 is 21.4 Å². The third-order valence-corrected chi connectivity index (χ3v) is 4.94. The highest BCUT2D eigenvalue weighted by Crippen LogP contribution is 2.25. The lowest BCUT2D eigenvalue weighted by Gasteiger charge is -2.23. The summed E-state index contributed by atoms with van der Waals surface area (Å²) < 4.78 is 40.0. The van der Waals surface area contributed by atoms with E-state index in [1.54, 1.807) is 25.1 Å². The maximum absolute atomic E-state index is 13.4. The van der Waals surface area contributed by atoms with Crippen molar-refractivity contribution in [3.8, 4) is 0 Å². The molecule has 6 heteroatoms. The maximum Gasteiger partial charge on any atom is 0.264 e. The minimum atomic E-state index is -3.85. The highest BCUT2D eigenvalue weighted by molar-refractivity contribution is 7.92. The molecule has 2 aromatic carbocycles. The van der Waals surface area contributed by atoms with E-state index in [0.717, 1.165) is 17.7 Å². The predicted molar refractivity (Wildman–Crippen MR) is 82.2 cm³/mol. The molecule has 0 radical (unpaired) electrons. The summed E-state index contributed by atoms with van der Waals surface area (Å²) in [7, 11) is -3.85. The quantitative estimate of drug-likeness (QED) is 0.883. The van der Waals surface area contributed by atoms with E-state index in [9.17, 15) is 12.8 Å². The summed E-state index contributed by atoms with van der Waals surface area (Å²) in [5.41, 5.74) is 7.10. The van der Waals surface area contributed by atoms with Gasteiger partial charge in [-0.05, 0) is 49.7 Å². The van der Waals surface area contributed by atoms with Gasteiger partial charge in [0.15, 0.2) is 0 Å². The maximum atomic E-state index is 13.4. The van der Waals surface area contributed by atoms with Crippen LogP contribution in [-0.2, 0) is 10.0 Å². The summed E-state index contributed by atoms with van der Waals surface area (Å²) in [5.74, 6) is -0.672. The Kier molecular flexibility index (Phi) is 4.18. The minimum absolute atomic E-state index is 0.0777. The van der Waals surface area contributed by atoms with Gasteiger partial charge in [-0.1, -0.05) is 12.1 Å². The van der Waals surface area contributed by atoms with Crippen molar-refractivity contribution in [2.24, 2.45) is 0 Å².